The summed E-state index contributed by atoms with van der Waals surface area (Å²) < 4.78 is 5.22. The molecule has 2 N–H and O–H groups in total. The Kier molecular flexibility index (Phi) is 7.67. The van der Waals surface area contributed by atoms with Crippen LogP contribution in [0.5, 0.6) is 5.75 Å². The van der Waals surface area contributed by atoms with Crippen molar-refractivity contribution in [2.45, 2.75) is 37.6 Å². The highest BCUT2D eigenvalue weighted by atomic mass is 35.5. The highest BCUT2D eigenvalue weighted by Crippen LogP contribution is 2.32. The summed E-state index contributed by atoms with van der Waals surface area (Å²) in [5.41, 5.74) is -0.228. The van der Waals surface area contributed by atoms with Crippen LogP contribution < -0.4 is 15.0 Å². The molecule has 1 aromatic rings. The van der Waals surface area contributed by atoms with Crippen molar-refractivity contribution in [2.24, 2.45) is 0 Å². The molecule has 0 saturated heterocycles. The van der Waals surface area contributed by atoms with E-state index in [0.717, 1.165) is 24.2 Å². The van der Waals surface area contributed by atoms with E-state index in [-0.39, 0.29) is 24.9 Å². The second-order valence-corrected chi connectivity index (χ2v) is 7.80. The topological polar surface area (TPSA) is 86.9 Å². The van der Waals surface area contributed by atoms with Crippen LogP contribution in [0, 0.1) is 11.3 Å². The van der Waals surface area contributed by atoms with Crippen molar-refractivity contribution in [1.82, 2.24) is 4.90 Å². The maximum Gasteiger partial charge on any atom is 0.279 e. The smallest absolute Gasteiger partial charge is 0.279 e. The molecule has 0 bridgehead atoms. The van der Waals surface area contributed by atoms with Crippen LogP contribution in [0.4, 0.5) is 5.69 Å². The Labute approximate surface area is 171 Å². The minimum Gasteiger partial charge on any atom is -0.495 e. The maximum absolute atomic E-state index is 12.7. The number of nitrogens with one attached hydrogen (secondary N) is 2. The van der Waals surface area contributed by atoms with Crippen LogP contribution in [0.1, 0.15) is 32.1 Å². The first kappa shape index (κ1) is 22.0. The molecule has 152 valence electrons. The molecule has 2 rings (SSSR count). The summed E-state index contributed by atoms with van der Waals surface area (Å²) in [4.78, 5) is 27.4. The number of benzene rings is 1. The van der Waals surface area contributed by atoms with Crippen LogP contribution >= 0.6 is 11.6 Å². The first-order valence-corrected chi connectivity index (χ1v) is 9.81. The van der Waals surface area contributed by atoms with Gasteiger partial charge >= 0.3 is 0 Å². The van der Waals surface area contributed by atoms with Crippen LogP contribution in [0.25, 0.3) is 0 Å². The molecule has 1 aromatic carbocycles. The van der Waals surface area contributed by atoms with Gasteiger partial charge in [-0.3, -0.25) is 9.59 Å². The standard InChI is InChI=1S/C20H27ClN4O3/c1-24(12-18(26)23-16-11-15(21)7-8-17(16)28-3)13-19(27)25(2)20(14-22)9-5-4-6-10-20/h7-8,11H,4-6,9-10,12-13H2,1-3H3,(H,23,26)/p+1. The van der Waals surface area contributed by atoms with Crippen LogP contribution in [-0.2, 0) is 9.59 Å². The molecule has 0 aliphatic heterocycles. The molecule has 7 nitrogen and oxygen atoms in total. The van der Waals surface area contributed by atoms with Gasteiger partial charge in [-0.1, -0.05) is 30.9 Å². The lowest BCUT2D eigenvalue weighted by Gasteiger charge is -2.39. The van der Waals surface area contributed by atoms with Gasteiger partial charge in [-0.05, 0) is 31.0 Å². The maximum atomic E-state index is 12.7. The van der Waals surface area contributed by atoms with Crippen LogP contribution in [-0.4, -0.2) is 56.5 Å². The van der Waals surface area contributed by atoms with Crippen molar-refractivity contribution in [3.63, 3.8) is 0 Å². The van der Waals surface area contributed by atoms with Crippen molar-refractivity contribution in [1.29, 1.82) is 5.26 Å². The van der Waals surface area contributed by atoms with E-state index in [2.05, 4.69) is 11.4 Å². The molecule has 28 heavy (non-hydrogen) atoms. The number of nitriles is 1. The van der Waals surface area contributed by atoms with E-state index in [1.165, 1.54) is 7.11 Å². The van der Waals surface area contributed by atoms with Crippen molar-refractivity contribution in [3.05, 3.63) is 23.2 Å². The normalized spacial score (nSPS) is 16.5. The summed E-state index contributed by atoms with van der Waals surface area (Å²) in [7, 11) is 4.99. The SMILES string of the molecule is COc1ccc(Cl)cc1NC(=O)C[NH+](C)CC(=O)N(C)C1(C#N)CCCCC1. The number of carbonyl (C=O) groups excluding carboxylic acids is 2. The third-order valence-electron chi connectivity index (χ3n) is 5.26. The zero-order valence-corrected chi connectivity index (χ0v) is 17.4. The summed E-state index contributed by atoms with van der Waals surface area (Å²) in [6, 6.07) is 7.33. The third kappa shape index (κ3) is 5.37. The Hall–Kier alpha value is -2.30. The fourth-order valence-corrected chi connectivity index (χ4v) is 3.76. The molecule has 1 saturated carbocycles. The second-order valence-electron chi connectivity index (χ2n) is 7.36. The third-order valence-corrected chi connectivity index (χ3v) is 5.49. The van der Waals surface area contributed by atoms with Gasteiger partial charge in [0, 0.05) is 12.1 Å². The number of rotatable bonds is 7. The quantitative estimate of drug-likeness (QED) is 0.716. The van der Waals surface area contributed by atoms with Crippen LogP contribution in [0.3, 0.4) is 0 Å². The average Bonchev–Trinajstić information content (AvgIpc) is 2.67. The molecule has 1 atom stereocenters. The van der Waals surface area contributed by atoms with Gasteiger partial charge in [-0.25, -0.2) is 0 Å². The first-order valence-electron chi connectivity index (χ1n) is 9.44. The molecule has 1 fully saturated rings. The van der Waals surface area contributed by atoms with E-state index in [1.807, 2.05) is 0 Å². The average molecular weight is 408 g/mol. The number of likely N-dealkylation sites (N-methyl/N-ethyl adjacent to an activating group) is 2. The Bertz CT molecular complexity index is 756. The Balaban J connectivity index is 1.93. The summed E-state index contributed by atoms with van der Waals surface area (Å²) in [6.07, 6.45) is 4.43. The van der Waals surface area contributed by atoms with E-state index in [0.29, 0.717) is 29.3 Å². The number of methoxy groups -OCH3 is 1. The monoisotopic (exact) mass is 407 g/mol. The van der Waals surface area contributed by atoms with E-state index in [4.69, 9.17) is 16.3 Å². The van der Waals surface area contributed by atoms with Crippen molar-refractivity contribution in [2.75, 3.05) is 39.6 Å². The second kappa shape index (κ2) is 9.76. The summed E-state index contributed by atoms with van der Waals surface area (Å²) in [5, 5.41) is 12.9. The first-order chi connectivity index (χ1) is 13.3. The number of hydrogen-bond acceptors (Lipinski definition) is 4. The number of ether oxygens (including phenoxy) is 1. The Morgan fingerprint density at radius 3 is 2.61 bits per heavy atom. The number of nitrogens with zero attached hydrogens (tertiary/aromatic N) is 2. The molecule has 0 heterocycles. The van der Waals surface area contributed by atoms with E-state index in [1.54, 1.807) is 37.2 Å². The van der Waals surface area contributed by atoms with Crippen LogP contribution in [0.15, 0.2) is 18.2 Å². The molecule has 1 aliphatic carbocycles. The number of quaternary nitrogens is 1. The van der Waals surface area contributed by atoms with E-state index < -0.39 is 5.54 Å². The fourth-order valence-electron chi connectivity index (χ4n) is 3.58. The number of halogens is 1. The van der Waals surface area contributed by atoms with Gasteiger partial charge in [-0.2, -0.15) is 5.26 Å². The van der Waals surface area contributed by atoms with Crippen LogP contribution in [0.2, 0.25) is 5.02 Å². The zero-order valence-electron chi connectivity index (χ0n) is 16.7. The van der Waals surface area contributed by atoms with Crippen molar-refractivity contribution < 1.29 is 19.2 Å². The molecule has 1 aliphatic rings. The van der Waals surface area contributed by atoms with Crippen molar-refractivity contribution >= 4 is 29.1 Å². The lowest BCUT2D eigenvalue weighted by Crippen LogP contribution is -3.11. The minimum absolute atomic E-state index is 0.106. The largest absolute Gasteiger partial charge is 0.495 e. The minimum atomic E-state index is -0.716. The summed E-state index contributed by atoms with van der Waals surface area (Å²) in [5.74, 6) is 0.134. The van der Waals surface area contributed by atoms with Gasteiger partial charge in [0.2, 0.25) is 0 Å². The molecule has 0 radical (unpaired) electrons. The van der Waals surface area contributed by atoms with Gasteiger partial charge in [0.1, 0.15) is 11.3 Å². The summed E-state index contributed by atoms with van der Waals surface area (Å²) >= 11 is 5.98. The predicted octanol–water partition coefficient (Wildman–Crippen LogP) is 1.49. The highest BCUT2D eigenvalue weighted by Gasteiger charge is 2.39. The molecule has 1 unspecified atom stereocenters. The number of carbonyl (C=O) groups is 2. The number of anilines is 1. The summed E-state index contributed by atoms with van der Waals surface area (Å²) in [6.45, 7) is 0.245. The molecular formula is C20H28ClN4O3+. The fraction of sp³-hybridized carbons (Fsp3) is 0.550. The highest BCUT2D eigenvalue weighted by molar-refractivity contribution is 6.31. The molecule has 0 spiro atoms. The molecule has 8 heteroatoms. The van der Waals surface area contributed by atoms with E-state index in [9.17, 15) is 14.9 Å². The van der Waals surface area contributed by atoms with Gasteiger partial charge in [0.25, 0.3) is 11.8 Å². The van der Waals surface area contributed by atoms with Gasteiger partial charge in [0.15, 0.2) is 13.1 Å². The molecule has 2 amide bonds. The van der Waals surface area contributed by atoms with Gasteiger partial charge < -0.3 is 19.9 Å². The van der Waals surface area contributed by atoms with Gasteiger partial charge in [0.05, 0.1) is 25.9 Å². The lowest BCUT2D eigenvalue weighted by molar-refractivity contribution is -0.862. The zero-order chi connectivity index (χ0) is 20.7. The van der Waals surface area contributed by atoms with Crippen molar-refractivity contribution in [3.8, 4) is 11.8 Å². The van der Waals surface area contributed by atoms with Gasteiger partial charge in [-0.15, -0.1) is 0 Å². The van der Waals surface area contributed by atoms with E-state index >= 15 is 0 Å². The number of hydrogen-bond donors (Lipinski definition) is 2. The number of amides is 2. The molecule has 0 aromatic heterocycles. The Morgan fingerprint density at radius 2 is 2.00 bits per heavy atom. The lowest BCUT2D eigenvalue weighted by atomic mass is 9.81. The Morgan fingerprint density at radius 1 is 1.32 bits per heavy atom. The predicted molar refractivity (Wildman–Crippen MR) is 107 cm³/mol. The molecular weight excluding hydrogens is 380 g/mol.